The van der Waals surface area contributed by atoms with Crippen LogP contribution >= 0.6 is 0 Å². The second-order valence-electron chi connectivity index (χ2n) is 4.17. The maximum Gasteiger partial charge on any atom is 0.0925 e. The zero-order chi connectivity index (χ0) is 11.0. The normalized spacial score (nSPS) is 18.7. The smallest absolute Gasteiger partial charge is 0.0925 e. The van der Waals surface area contributed by atoms with Gasteiger partial charge in [0.15, 0.2) is 0 Å². The van der Waals surface area contributed by atoms with Crippen LogP contribution in [-0.2, 0) is 18.2 Å². The minimum atomic E-state index is 0.416. The molecule has 0 saturated carbocycles. The number of ether oxygens (including phenoxy) is 1. The Morgan fingerprint density at radius 2 is 2.12 bits per heavy atom. The molecule has 3 nitrogen and oxygen atoms in total. The highest BCUT2D eigenvalue weighted by Crippen LogP contribution is 2.21. The molecule has 3 rings (SSSR count). The second-order valence-corrected chi connectivity index (χ2v) is 4.17. The van der Waals surface area contributed by atoms with Crippen LogP contribution in [0.15, 0.2) is 36.4 Å². The number of aryl methyl sites for hydroxylation is 1. The van der Waals surface area contributed by atoms with Crippen LogP contribution in [0, 0.1) is 0 Å². The molecule has 1 aliphatic rings. The van der Waals surface area contributed by atoms with Gasteiger partial charge < -0.3 is 4.74 Å². The van der Waals surface area contributed by atoms with Crippen molar-refractivity contribution >= 4 is 0 Å². The third-order valence-electron chi connectivity index (χ3n) is 2.89. The van der Waals surface area contributed by atoms with E-state index in [1.165, 1.54) is 11.3 Å². The molecule has 2 aromatic rings. The molecule has 1 aromatic heterocycles. The number of aromatic nitrogens is 2. The number of epoxide rings is 1. The lowest BCUT2D eigenvalue weighted by atomic mass is 10.1. The number of nitrogens with zero attached hydrogens (tertiary/aromatic N) is 2. The number of hydrogen-bond donors (Lipinski definition) is 0. The Balaban J connectivity index is 1.90. The maximum atomic E-state index is 5.24. The van der Waals surface area contributed by atoms with Crippen LogP contribution in [0.25, 0.3) is 11.3 Å². The first-order valence-electron chi connectivity index (χ1n) is 5.53. The molecule has 1 aromatic carbocycles. The van der Waals surface area contributed by atoms with Crippen molar-refractivity contribution in [2.75, 3.05) is 6.61 Å². The van der Waals surface area contributed by atoms with Crippen LogP contribution in [0.3, 0.4) is 0 Å². The fourth-order valence-corrected chi connectivity index (χ4v) is 1.87. The highest BCUT2D eigenvalue weighted by molar-refractivity contribution is 5.59. The minimum Gasteiger partial charge on any atom is -0.373 e. The first-order chi connectivity index (χ1) is 7.83. The van der Waals surface area contributed by atoms with Crippen LogP contribution in [-0.4, -0.2) is 22.5 Å². The summed E-state index contributed by atoms with van der Waals surface area (Å²) in [5, 5.41) is 4.52. The van der Waals surface area contributed by atoms with E-state index in [2.05, 4.69) is 23.3 Å². The van der Waals surface area contributed by atoms with Gasteiger partial charge in [-0.05, 0) is 6.07 Å². The monoisotopic (exact) mass is 214 g/mol. The predicted molar refractivity (Wildman–Crippen MR) is 62.1 cm³/mol. The van der Waals surface area contributed by atoms with Gasteiger partial charge in [-0.25, -0.2) is 0 Å². The molecular weight excluding hydrogens is 200 g/mol. The van der Waals surface area contributed by atoms with Crippen molar-refractivity contribution in [2.45, 2.75) is 12.5 Å². The molecule has 2 heterocycles. The van der Waals surface area contributed by atoms with Gasteiger partial charge in [-0.1, -0.05) is 30.3 Å². The quantitative estimate of drug-likeness (QED) is 0.732. The van der Waals surface area contributed by atoms with Gasteiger partial charge in [0.2, 0.25) is 0 Å². The lowest BCUT2D eigenvalue weighted by Gasteiger charge is -1.96. The zero-order valence-electron chi connectivity index (χ0n) is 9.26. The van der Waals surface area contributed by atoms with Crippen molar-refractivity contribution in [1.29, 1.82) is 0 Å². The zero-order valence-corrected chi connectivity index (χ0v) is 9.26. The molecule has 0 amide bonds. The molecule has 0 N–H and O–H groups in total. The van der Waals surface area contributed by atoms with E-state index in [9.17, 15) is 0 Å². The fourth-order valence-electron chi connectivity index (χ4n) is 1.87. The van der Waals surface area contributed by atoms with E-state index in [1.807, 2.05) is 29.9 Å². The second kappa shape index (κ2) is 3.76. The van der Waals surface area contributed by atoms with Gasteiger partial charge in [0, 0.05) is 24.7 Å². The van der Waals surface area contributed by atoms with Gasteiger partial charge in [-0.15, -0.1) is 0 Å². The van der Waals surface area contributed by atoms with Crippen LogP contribution in [0.5, 0.6) is 0 Å². The summed E-state index contributed by atoms with van der Waals surface area (Å²) in [6.07, 6.45) is 1.38. The molecule has 1 fully saturated rings. The minimum absolute atomic E-state index is 0.416. The number of rotatable bonds is 3. The highest BCUT2D eigenvalue weighted by atomic mass is 16.6. The molecule has 0 bridgehead atoms. The Morgan fingerprint density at radius 1 is 1.38 bits per heavy atom. The first-order valence-corrected chi connectivity index (χ1v) is 5.53. The van der Waals surface area contributed by atoms with Gasteiger partial charge in [-0.3, -0.25) is 4.68 Å². The Labute approximate surface area is 94.7 Å². The summed E-state index contributed by atoms with van der Waals surface area (Å²) in [6, 6.07) is 12.4. The van der Waals surface area contributed by atoms with Crippen LogP contribution in [0.2, 0.25) is 0 Å². The van der Waals surface area contributed by atoms with E-state index in [1.54, 1.807) is 0 Å². The molecule has 82 valence electrons. The Bertz CT molecular complexity index is 486. The van der Waals surface area contributed by atoms with E-state index < -0.39 is 0 Å². The van der Waals surface area contributed by atoms with Gasteiger partial charge in [-0.2, -0.15) is 5.10 Å². The molecule has 1 unspecified atom stereocenters. The van der Waals surface area contributed by atoms with Gasteiger partial charge in [0.1, 0.15) is 0 Å². The van der Waals surface area contributed by atoms with Gasteiger partial charge >= 0.3 is 0 Å². The fraction of sp³-hybridized carbons (Fsp3) is 0.308. The summed E-state index contributed by atoms with van der Waals surface area (Å²) in [6.45, 7) is 0.895. The van der Waals surface area contributed by atoms with Gasteiger partial charge in [0.25, 0.3) is 0 Å². The SMILES string of the molecule is Cn1nc(-c2ccccc2)cc1CC1CO1. The number of hydrogen-bond acceptors (Lipinski definition) is 2. The Hall–Kier alpha value is -1.61. The standard InChI is InChI=1S/C13H14N2O/c1-15-11(7-12-9-16-12)8-13(14-15)10-5-3-2-4-6-10/h2-6,8,12H,7,9H2,1H3. The summed E-state index contributed by atoms with van der Waals surface area (Å²) < 4.78 is 7.19. The van der Waals surface area contributed by atoms with E-state index in [0.717, 1.165) is 18.7 Å². The predicted octanol–water partition coefficient (Wildman–Crippen LogP) is 2.03. The third kappa shape index (κ3) is 1.86. The van der Waals surface area contributed by atoms with Crippen LogP contribution in [0.4, 0.5) is 0 Å². The largest absolute Gasteiger partial charge is 0.373 e. The Morgan fingerprint density at radius 3 is 2.81 bits per heavy atom. The molecule has 0 spiro atoms. The lowest BCUT2D eigenvalue weighted by molar-refractivity contribution is 0.403. The van der Waals surface area contributed by atoms with Crippen molar-refractivity contribution in [3.8, 4) is 11.3 Å². The van der Waals surface area contributed by atoms with Crippen molar-refractivity contribution in [2.24, 2.45) is 7.05 Å². The topological polar surface area (TPSA) is 30.4 Å². The average molecular weight is 214 g/mol. The average Bonchev–Trinajstić information content (AvgIpc) is 3.05. The van der Waals surface area contributed by atoms with Crippen molar-refractivity contribution in [3.05, 3.63) is 42.1 Å². The molecule has 0 radical (unpaired) electrons. The van der Waals surface area contributed by atoms with Crippen LogP contribution < -0.4 is 0 Å². The molecule has 1 atom stereocenters. The van der Waals surface area contributed by atoms with Crippen molar-refractivity contribution in [3.63, 3.8) is 0 Å². The van der Waals surface area contributed by atoms with E-state index in [4.69, 9.17) is 4.74 Å². The summed E-state index contributed by atoms with van der Waals surface area (Å²) in [5.74, 6) is 0. The van der Waals surface area contributed by atoms with E-state index in [-0.39, 0.29) is 0 Å². The molecule has 1 aliphatic heterocycles. The number of benzene rings is 1. The lowest BCUT2D eigenvalue weighted by Crippen LogP contribution is -2.01. The molecule has 16 heavy (non-hydrogen) atoms. The van der Waals surface area contributed by atoms with Crippen molar-refractivity contribution in [1.82, 2.24) is 9.78 Å². The van der Waals surface area contributed by atoms with Crippen LogP contribution in [0.1, 0.15) is 5.69 Å². The van der Waals surface area contributed by atoms with Gasteiger partial charge in [0.05, 0.1) is 18.4 Å². The molecule has 0 aliphatic carbocycles. The molecular formula is C13H14N2O. The first kappa shape index (κ1) is 9.60. The third-order valence-corrected chi connectivity index (χ3v) is 2.89. The van der Waals surface area contributed by atoms with E-state index >= 15 is 0 Å². The Kier molecular flexibility index (Phi) is 2.26. The highest BCUT2D eigenvalue weighted by Gasteiger charge is 2.24. The maximum absolute atomic E-state index is 5.24. The summed E-state index contributed by atoms with van der Waals surface area (Å²) in [4.78, 5) is 0. The van der Waals surface area contributed by atoms with E-state index in [0.29, 0.717) is 6.10 Å². The molecule has 1 saturated heterocycles. The summed E-state index contributed by atoms with van der Waals surface area (Å²) in [5.41, 5.74) is 3.45. The van der Waals surface area contributed by atoms with Crippen molar-refractivity contribution < 1.29 is 4.74 Å². The summed E-state index contributed by atoms with van der Waals surface area (Å²) in [7, 11) is 1.99. The molecule has 3 heteroatoms. The summed E-state index contributed by atoms with van der Waals surface area (Å²) >= 11 is 0.